The monoisotopic (exact) mass is 421 g/mol. The molecule has 0 saturated carbocycles. The van der Waals surface area contributed by atoms with Gasteiger partial charge in [0.05, 0.1) is 18.8 Å². The van der Waals surface area contributed by atoms with Gasteiger partial charge in [-0.05, 0) is 22.8 Å². The molecule has 0 spiro atoms. The summed E-state index contributed by atoms with van der Waals surface area (Å²) in [5.41, 5.74) is 3.71. The van der Waals surface area contributed by atoms with Gasteiger partial charge >= 0.3 is 5.97 Å². The summed E-state index contributed by atoms with van der Waals surface area (Å²) in [5.74, 6) is -2.44. The van der Waals surface area contributed by atoms with E-state index in [1.807, 2.05) is 60.7 Å². The van der Waals surface area contributed by atoms with Crippen molar-refractivity contribution in [2.45, 2.75) is 19.4 Å². The molecule has 160 valence electrons. The number of fused-ring (bicyclic) bond motifs is 2. The molecule has 3 amide bonds. The minimum Gasteiger partial charge on any atom is -0.480 e. The van der Waals surface area contributed by atoms with Gasteiger partial charge in [-0.1, -0.05) is 54.6 Å². The van der Waals surface area contributed by atoms with E-state index in [0.717, 1.165) is 22.4 Å². The van der Waals surface area contributed by atoms with Crippen molar-refractivity contribution in [3.8, 4) is 0 Å². The van der Waals surface area contributed by atoms with Crippen LogP contribution in [0, 0.1) is 0 Å². The van der Waals surface area contributed by atoms with Crippen molar-refractivity contribution in [3.05, 3.63) is 65.2 Å². The Morgan fingerprint density at radius 2 is 1.45 bits per heavy atom. The molecular weight excluding hydrogens is 398 g/mol. The van der Waals surface area contributed by atoms with E-state index in [1.54, 1.807) is 4.90 Å². The number of carbonyl (C=O) groups excluding carboxylic acids is 3. The molecule has 0 radical (unpaired) electrons. The summed E-state index contributed by atoms with van der Waals surface area (Å²) in [6.07, 6.45) is 3.89. The highest BCUT2D eigenvalue weighted by Gasteiger charge is 2.21. The number of aliphatic carboxylic acids is 1. The van der Waals surface area contributed by atoms with Crippen molar-refractivity contribution in [2.24, 2.45) is 0 Å². The summed E-state index contributed by atoms with van der Waals surface area (Å²) < 4.78 is 0. The Hall–Kier alpha value is -3.94. The Kier molecular flexibility index (Phi) is 7.16. The maximum absolute atomic E-state index is 13.0. The zero-order valence-electron chi connectivity index (χ0n) is 16.8. The molecule has 1 aliphatic heterocycles. The highest BCUT2D eigenvalue weighted by atomic mass is 16.4. The first-order valence-corrected chi connectivity index (χ1v) is 9.84. The summed E-state index contributed by atoms with van der Waals surface area (Å²) >= 11 is 0. The largest absolute Gasteiger partial charge is 0.480 e. The second kappa shape index (κ2) is 10.2. The van der Waals surface area contributed by atoms with E-state index in [-0.39, 0.29) is 25.3 Å². The SMILES string of the molecule is O=C(O)CNC(=O)CNC(=O)CCC(=O)N1Cc2ccccc2/C=C\c2ccccc21. The van der Waals surface area contributed by atoms with E-state index in [1.165, 1.54) is 0 Å². The van der Waals surface area contributed by atoms with Crippen molar-refractivity contribution in [1.29, 1.82) is 0 Å². The Morgan fingerprint density at radius 3 is 2.23 bits per heavy atom. The summed E-state index contributed by atoms with van der Waals surface area (Å²) in [7, 11) is 0. The topological polar surface area (TPSA) is 116 Å². The van der Waals surface area contributed by atoms with Gasteiger partial charge in [0, 0.05) is 12.8 Å². The van der Waals surface area contributed by atoms with Gasteiger partial charge in [-0.25, -0.2) is 0 Å². The van der Waals surface area contributed by atoms with Gasteiger partial charge < -0.3 is 20.6 Å². The summed E-state index contributed by atoms with van der Waals surface area (Å²) in [4.78, 5) is 48.7. The highest BCUT2D eigenvalue weighted by molar-refractivity contribution is 5.98. The van der Waals surface area contributed by atoms with Gasteiger partial charge in [0.2, 0.25) is 17.7 Å². The fourth-order valence-electron chi connectivity index (χ4n) is 3.23. The fourth-order valence-corrected chi connectivity index (χ4v) is 3.23. The molecule has 0 aromatic heterocycles. The quantitative estimate of drug-likeness (QED) is 0.631. The Bertz CT molecular complexity index is 1030. The van der Waals surface area contributed by atoms with E-state index < -0.39 is 24.3 Å². The lowest BCUT2D eigenvalue weighted by Crippen LogP contribution is -2.39. The smallest absolute Gasteiger partial charge is 0.322 e. The maximum Gasteiger partial charge on any atom is 0.322 e. The van der Waals surface area contributed by atoms with Crippen molar-refractivity contribution in [1.82, 2.24) is 10.6 Å². The van der Waals surface area contributed by atoms with Crippen LogP contribution in [0.3, 0.4) is 0 Å². The number of rotatable bonds is 7. The van der Waals surface area contributed by atoms with Crippen LogP contribution in [-0.4, -0.2) is 41.9 Å². The van der Waals surface area contributed by atoms with Crippen molar-refractivity contribution in [2.75, 3.05) is 18.0 Å². The van der Waals surface area contributed by atoms with Crippen molar-refractivity contribution in [3.63, 3.8) is 0 Å². The normalized spacial score (nSPS) is 13.1. The zero-order valence-corrected chi connectivity index (χ0v) is 16.8. The molecule has 0 unspecified atom stereocenters. The number of nitrogens with one attached hydrogen (secondary N) is 2. The molecule has 2 aromatic carbocycles. The molecule has 3 rings (SSSR count). The van der Waals surface area contributed by atoms with Crippen LogP contribution in [0.15, 0.2) is 48.5 Å². The van der Waals surface area contributed by atoms with Crippen LogP contribution in [0.4, 0.5) is 5.69 Å². The van der Waals surface area contributed by atoms with E-state index in [0.29, 0.717) is 6.54 Å². The van der Waals surface area contributed by atoms with Crippen molar-refractivity contribution < 1.29 is 24.3 Å². The molecule has 0 atom stereocenters. The zero-order chi connectivity index (χ0) is 22.2. The van der Waals surface area contributed by atoms with Crippen LogP contribution in [0.5, 0.6) is 0 Å². The van der Waals surface area contributed by atoms with E-state index in [4.69, 9.17) is 5.11 Å². The molecule has 8 heteroatoms. The number of carboxylic acids is 1. The second-order valence-electron chi connectivity index (χ2n) is 7.02. The van der Waals surface area contributed by atoms with Crippen LogP contribution < -0.4 is 15.5 Å². The van der Waals surface area contributed by atoms with Gasteiger partial charge in [-0.15, -0.1) is 0 Å². The number of anilines is 1. The molecule has 0 fully saturated rings. The maximum atomic E-state index is 13.0. The van der Waals surface area contributed by atoms with Gasteiger partial charge in [0.25, 0.3) is 0 Å². The summed E-state index contributed by atoms with van der Waals surface area (Å²) in [6, 6.07) is 15.4. The minimum atomic E-state index is -1.17. The number of para-hydroxylation sites is 1. The Morgan fingerprint density at radius 1 is 0.806 bits per heavy atom. The van der Waals surface area contributed by atoms with Gasteiger partial charge in [-0.3, -0.25) is 19.2 Å². The molecule has 0 bridgehead atoms. The predicted octanol–water partition coefficient (Wildman–Crippen LogP) is 1.80. The molecule has 1 heterocycles. The van der Waals surface area contributed by atoms with Crippen LogP contribution in [0.25, 0.3) is 12.2 Å². The first kappa shape index (κ1) is 21.8. The molecule has 3 N–H and O–H groups in total. The standard InChI is InChI=1S/C23H23N3O5/c27-20(24-13-21(28)25-14-23(30)31)11-12-22(29)26-15-18-7-2-1-5-16(18)9-10-17-6-3-4-8-19(17)26/h1-10H,11-15H2,(H,24,27)(H,25,28)(H,30,31)/b10-9-. The first-order chi connectivity index (χ1) is 14.9. The molecule has 0 aliphatic carbocycles. The van der Waals surface area contributed by atoms with Gasteiger partial charge in [0.1, 0.15) is 6.54 Å². The highest BCUT2D eigenvalue weighted by Crippen LogP contribution is 2.29. The average molecular weight is 421 g/mol. The Labute approximate surface area is 179 Å². The van der Waals surface area contributed by atoms with E-state index >= 15 is 0 Å². The lowest BCUT2D eigenvalue weighted by Gasteiger charge is -2.27. The van der Waals surface area contributed by atoms with E-state index in [9.17, 15) is 19.2 Å². The molecule has 1 aliphatic rings. The number of amides is 3. The predicted molar refractivity (Wildman–Crippen MR) is 116 cm³/mol. The number of carboxylic acid groups (broad SMARTS) is 1. The third kappa shape index (κ3) is 6.02. The third-order valence-electron chi connectivity index (χ3n) is 4.80. The van der Waals surface area contributed by atoms with Gasteiger partial charge in [-0.2, -0.15) is 0 Å². The number of hydrogen-bond acceptors (Lipinski definition) is 4. The molecule has 0 saturated heterocycles. The van der Waals surface area contributed by atoms with Gasteiger partial charge in [0.15, 0.2) is 0 Å². The summed E-state index contributed by atoms with van der Waals surface area (Å²) in [5, 5.41) is 13.1. The molecule has 8 nitrogen and oxygen atoms in total. The van der Waals surface area contributed by atoms with Crippen LogP contribution in [-0.2, 0) is 25.7 Å². The molecular formula is C23H23N3O5. The van der Waals surface area contributed by atoms with Crippen molar-refractivity contribution >= 4 is 41.5 Å². The molecule has 31 heavy (non-hydrogen) atoms. The number of carbonyl (C=O) groups is 4. The summed E-state index contributed by atoms with van der Waals surface area (Å²) in [6.45, 7) is -0.474. The number of hydrogen-bond donors (Lipinski definition) is 3. The van der Waals surface area contributed by atoms with Crippen LogP contribution >= 0.6 is 0 Å². The molecule has 2 aromatic rings. The van der Waals surface area contributed by atoms with E-state index in [2.05, 4.69) is 10.6 Å². The fraction of sp³-hybridized carbons (Fsp3) is 0.217. The lowest BCUT2D eigenvalue weighted by atomic mass is 10.0. The third-order valence-corrected chi connectivity index (χ3v) is 4.80. The number of nitrogens with zero attached hydrogens (tertiary/aromatic N) is 1. The average Bonchev–Trinajstić information content (AvgIpc) is 2.76. The van der Waals surface area contributed by atoms with Crippen LogP contribution in [0.1, 0.15) is 29.5 Å². The minimum absolute atomic E-state index is 0.0250. The Balaban J connectivity index is 1.64. The first-order valence-electron chi connectivity index (χ1n) is 9.84. The lowest BCUT2D eigenvalue weighted by molar-refractivity contribution is -0.137. The second-order valence-corrected chi connectivity index (χ2v) is 7.02. The number of benzene rings is 2. The van der Waals surface area contributed by atoms with Crippen LogP contribution in [0.2, 0.25) is 0 Å².